The van der Waals surface area contributed by atoms with Crippen LogP contribution in [0.4, 0.5) is 4.39 Å². The van der Waals surface area contributed by atoms with E-state index in [-0.39, 0.29) is 24.8 Å². The highest BCUT2D eigenvalue weighted by Gasteiger charge is 2.28. The van der Waals surface area contributed by atoms with Crippen LogP contribution in [-0.4, -0.2) is 23.9 Å². The summed E-state index contributed by atoms with van der Waals surface area (Å²) < 4.78 is 19.5. The van der Waals surface area contributed by atoms with Crippen molar-refractivity contribution in [1.29, 1.82) is 0 Å². The van der Waals surface area contributed by atoms with Gasteiger partial charge in [-0.3, -0.25) is 0 Å². The molecule has 108 valence electrons. The number of hydrogen-bond acceptors (Lipinski definition) is 4. The van der Waals surface area contributed by atoms with Crippen molar-refractivity contribution in [3.63, 3.8) is 0 Å². The largest absolute Gasteiger partial charge is 0.506 e. The molecule has 4 nitrogen and oxygen atoms in total. The Hall–Kier alpha value is 0.130. The first-order valence-electron chi connectivity index (χ1n) is 5.12. The number of benzene rings is 1. The molecule has 0 radical (unpaired) electrons. The van der Waals surface area contributed by atoms with Crippen LogP contribution in [0.5, 0.6) is 5.75 Å². The van der Waals surface area contributed by atoms with E-state index in [0.717, 1.165) is 0 Å². The molecular formula is C11H13ClFI2NO3. The normalized spacial score (nSPS) is 13.3. The third-order valence-corrected chi connectivity index (χ3v) is 3.90. The minimum atomic E-state index is -1.92. The molecule has 0 aliphatic heterocycles. The van der Waals surface area contributed by atoms with E-state index in [1.807, 2.05) is 45.2 Å². The van der Waals surface area contributed by atoms with Crippen LogP contribution < -0.4 is 5.73 Å². The second-order valence-electron chi connectivity index (χ2n) is 3.51. The minimum absolute atomic E-state index is 0. The SMILES string of the molecule is CCOC(=O)C(F)[C@H](N)c1cc(I)c(O)c(I)c1.Cl. The lowest BCUT2D eigenvalue weighted by Gasteiger charge is -2.17. The number of phenols is 1. The van der Waals surface area contributed by atoms with Gasteiger partial charge in [-0.15, -0.1) is 12.4 Å². The highest BCUT2D eigenvalue weighted by Crippen LogP contribution is 2.30. The summed E-state index contributed by atoms with van der Waals surface area (Å²) in [6.45, 7) is 1.71. The van der Waals surface area contributed by atoms with E-state index in [2.05, 4.69) is 4.74 Å². The Kier molecular flexibility index (Phi) is 8.48. The predicted octanol–water partition coefficient (Wildman–Crippen LogP) is 2.92. The zero-order valence-corrected chi connectivity index (χ0v) is 15.0. The lowest BCUT2D eigenvalue weighted by Crippen LogP contribution is -2.31. The fourth-order valence-corrected chi connectivity index (χ4v) is 3.13. The van der Waals surface area contributed by atoms with Crippen LogP contribution in [0.3, 0.4) is 0 Å². The number of carbonyl (C=O) groups is 1. The molecule has 1 aromatic rings. The van der Waals surface area contributed by atoms with Crippen LogP contribution >= 0.6 is 57.6 Å². The molecule has 1 rings (SSSR count). The first kappa shape index (κ1) is 19.1. The molecule has 0 aromatic heterocycles. The van der Waals surface area contributed by atoms with Crippen molar-refractivity contribution in [1.82, 2.24) is 0 Å². The molecule has 1 aromatic carbocycles. The molecule has 0 saturated carbocycles. The second kappa shape index (κ2) is 8.42. The average molecular weight is 515 g/mol. The number of ether oxygens (including phenoxy) is 1. The van der Waals surface area contributed by atoms with Crippen LogP contribution in [0.2, 0.25) is 0 Å². The molecule has 2 atom stereocenters. The fourth-order valence-electron chi connectivity index (χ4n) is 1.32. The molecule has 3 N–H and O–H groups in total. The maximum absolute atomic E-state index is 13.8. The van der Waals surface area contributed by atoms with Crippen molar-refractivity contribution in [2.45, 2.75) is 19.1 Å². The number of carbonyl (C=O) groups excluding carboxylic acids is 1. The Morgan fingerprint density at radius 1 is 1.47 bits per heavy atom. The van der Waals surface area contributed by atoms with Gasteiger partial charge in [-0.1, -0.05) is 0 Å². The van der Waals surface area contributed by atoms with Gasteiger partial charge in [0.1, 0.15) is 5.75 Å². The number of halogens is 4. The van der Waals surface area contributed by atoms with Gasteiger partial charge in [-0.05, 0) is 69.8 Å². The molecule has 1 unspecified atom stereocenters. The minimum Gasteiger partial charge on any atom is -0.506 e. The Morgan fingerprint density at radius 2 is 1.95 bits per heavy atom. The third-order valence-electron chi connectivity index (χ3n) is 2.25. The Balaban J connectivity index is 0.00000324. The summed E-state index contributed by atoms with van der Waals surface area (Å²) in [5.41, 5.74) is 6.14. The highest BCUT2D eigenvalue weighted by atomic mass is 127. The van der Waals surface area contributed by atoms with E-state index in [1.54, 1.807) is 19.1 Å². The molecule has 8 heteroatoms. The topological polar surface area (TPSA) is 72.5 Å². The molecule has 0 bridgehead atoms. The van der Waals surface area contributed by atoms with Crippen LogP contribution in [0.25, 0.3) is 0 Å². The summed E-state index contributed by atoms with van der Waals surface area (Å²) in [6.07, 6.45) is -1.92. The molecule has 19 heavy (non-hydrogen) atoms. The van der Waals surface area contributed by atoms with Gasteiger partial charge in [0.05, 0.1) is 19.8 Å². The molecule has 0 spiro atoms. The van der Waals surface area contributed by atoms with Gasteiger partial charge >= 0.3 is 5.97 Å². The predicted molar refractivity (Wildman–Crippen MR) is 89.2 cm³/mol. The van der Waals surface area contributed by atoms with Gasteiger partial charge in [0, 0.05) is 0 Å². The number of hydrogen-bond donors (Lipinski definition) is 2. The molecule has 0 amide bonds. The molecule has 0 aliphatic rings. The van der Waals surface area contributed by atoms with Gasteiger partial charge in [0.2, 0.25) is 6.17 Å². The Bertz CT molecular complexity index is 439. The zero-order chi connectivity index (χ0) is 13.9. The quantitative estimate of drug-likeness (QED) is 0.478. The second-order valence-corrected chi connectivity index (χ2v) is 5.84. The van der Waals surface area contributed by atoms with Crippen molar-refractivity contribution < 1.29 is 19.0 Å². The Labute approximate surface area is 144 Å². The van der Waals surface area contributed by atoms with E-state index < -0.39 is 18.2 Å². The summed E-state index contributed by atoms with van der Waals surface area (Å²) in [7, 11) is 0. The van der Waals surface area contributed by atoms with Crippen LogP contribution in [0.15, 0.2) is 12.1 Å². The molecule has 0 fully saturated rings. The first-order valence-corrected chi connectivity index (χ1v) is 7.28. The maximum atomic E-state index is 13.8. The maximum Gasteiger partial charge on any atom is 0.342 e. The Morgan fingerprint density at radius 3 is 2.37 bits per heavy atom. The van der Waals surface area contributed by atoms with Gasteiger partial charge < -0.3 is 15.6 Å². The van der Waals surface area contributed by atoms with E-state index in [9.17, 15) is 14.3 Å². The summed E-state index contributed by atoms with van der Waals surface area (Å²) in [4.78, 5) is 11.3. The lowest BCUT2D eigenvalue weighted by atomic mass is 10.0. The molecular weight excluding hydrogens is 502 g/mol. The van der Waals surface area contributed by atoms with Gasteiger partial charge in [-0.2, -0.15) is 0 Å². The number of alkyl halides is 1. The third kappa shape index (κ3) is 4.87. The monoisotopic (exact) mass is 515 g/mol. The number of phenolic OH excluding ortho intramolecular Hbond substituents is 1. The summed E-state index contributed by atoms with van der Waals surface area (Å²) in [6, 6.07) is 2.00. The van der Waals surface area contributed by atoms with Crippen LogP contribution in [0, 0.1) is 7.14 Å². The van der Waals surface area contributed by atoms with E-state index in [1.165, 1.54) is 0 Å². The van der Waals surface area contributed by atoms with Gasteiger partial charge in [-0.25, -0.2) is 9.18 Å². The summed E-state index contributed by atoms with van der Waals surface area (Å²) in [5.74, 6) is -0.846. The molecule has 0 heterocycles. The number of esters is 1. The molecule has 0 saturated heterocycles. The fraction of sp³-hybridized carbons (Fsp3) is 0.364. The van der Waals surface area contributed by atoms with Crippen molar-refractivity contribution in [2.24, 2.45) is 5.73 Å². The van der Waals surface area contributed by atoms with Crippen LogP contribution in [-0.2, 0) is 9.53 Å². The van der Waals surface area contributed by atoms with Crippen LogP contribution in [0.1, 0.15) is 18.5 Å². The van der Waals surface area contributed by atoms with E-state index >= 15 is 0 Å². The zero-order valence-electron chi connectivity index (χ0n) is 9.90. The summed E-state index contributed by atoms with van der Waals surface area (Å²) >= 11 is 3.83. The van der Waals surface area contributed by atoms with Gasteiger partial charge in [0.25, 0.3) is 0 Å². The first-order chi connectivity index (χ1) is 8.38. The van der Waals surface area contributed by atoms with E-state index in [0.29, 0.717) is 12.7 Å². The smallest absolute Gasteiger partial charge is 0.342 e. The number of aromatic hydroxyl groups is 1. The summed E-state index contributed by atoms with van der Waals surface area (Å²) in [5, 5.41) is 9.60. The lowest BCUT2D eigenvalue weighted by molar-refractivity contribution is -0.149. The molecule has 0 aliphatic carbocycles. The van der Waals surface area contributed by atoms with Crippen molar-refractivity contribution in [3.8, 4) is 5.75 Å². The van der Waals surface area contributed by atoms with Crippen molar-refractivity contribution >= 4 is 63.6 Å². The standard InChI is InChI=1S/C11H12FI2NO3.ClH/c1-2-18-11(17)8(12)9(15)5-3-6(13)10(16)7(14)4-5;/h3-4,8-9,16H,2,15H2,1H3;1H/t8?,9-;/m1./s1. The average Bonchev–Trinajstić information content (AvgIpc) is 2.33. The van der Waals surface area contributed by atoms with Crippen molar-refractivity contribution in [3.05, 3.63) is 24.8 Å². The van der Waals surface area contributed by atoms with Gasteiger partial charge in [0.15, 0.2) is 0 Å². The highest BCUT2D eigenvalue weighted by molar-refractivity contribution is 14.1. The number of nitrogens with two attached hydrogens (primary N) is 1. The van der Waals surface area contributed by atoms with Crippen molar-refractivity contribution in [2.75, 3.05) is 6.61 Å². The number of rotatable bonds is 4. The van der Waals surface area contributed by atoms with E-state index in [4.69, 9.17) is 5.73 Å².